The lowest BCUT2D eigenvalue weighted by atomic mass is 10.0. The smallest absolute Gasteiger partial charge is 0.339 e. The van der Waals surface area contributed by atoms with Crippen molar-refractivity contribution in [2.45, 2.75) is 13.8 Å². The van der Waals surface area contributed by atoms with E-state index in [1.54, 1.807) is 25.1 Å². The molecule has 138 valence electrons. The second kappa shape index (κ2) is 7.94. The molecule has 1 N–H and O–H groups in total. The Morgan fingerprint density at radius 2 is 1.81 bits per heavy atom. The number of fused-ring (bicyclic) bond motifs is 1. The molecule has 27 heavy (non-hydrogen) atoms. The second-order valence-electron chi connectivity index (χ2n) is 5.97. The van der Waals surface area contributed by atoms with Crippen LogP contribution in [0.1, 0.15) is 21.6 Å². The van der Waals surface area contributed by atoms with Crippen LogP contribution in [0.5, 0.6) is 0 Å². The fraction of sp³-hybridized carbons (Fsp3) is 0.150. The van der Waals surface area contributed by atoms with E-state index in [1.165, 1.54) is 6.07 Å². The minimum Gasteiger partial charge on any atom is -0.452 e. The molecule has 0 aliphatic carbocycles. The van der Waals surface area contributed by atoms with Crippen LogP contribution in [-0.2, 0) is 9.53 Å². The molecular formula is C20H16Cl2N2O3. The molecule has 1 heterocycles. The van der Waals surface area contributed by atoms with E-state index in [0.29, 0.717) is 32.2 Å². The molecule has 0 saturated heterocycles. The molecule has 0 unspecified atom stereocenters. The summed E-state index contributed by atoms with van der Waals surface area (Å²) < 4.78 is 5.22. The van der Waals surface area contributed by atoms with Gasteiger partial charge in [0.1, 0.15) is 0 Å². The number of nitrogens with zero attached hydrogens (tertiary/aromatic N) is 1. The monoisotopic (exact) mass is 402 g/mol. The first-order valence-electron chi connectivity index (χ1n) is 8.15. The highest BCUT2D eigenvalue weighted by Gasteiger charge is 2.18. The number of para-hydroxylation sites is 1. The quantitative estimate of drug-likeness (QED) is 0.626. The van der Waals surface area contributed by atoms with E-state index < -0.39 is 18.5 Å². The molecule has 0 aliphatic rings. The number of hydrogen-bond acceptors (Lipinski definition) is 4. The number of aryl methyl sites for hydroxylation is 1. The first kappa shape index (κ1) is 19.1. The Balaban J connectivity index is 1.74. The number of halogens is 2. The first-order valence-corrected chi connectivity index (χ1v) is 8.90. The average Bonchev–Trinajstić information content (AvgIpc) is 2.64. The maximum atomic E-state index is 12.6. The van der Waals surface area contributed by atoms with E-state index in [2.05, 4.69) is 10.3 Å². The minimum atomic E-state index is -0.571. The van der Waals surface area contributed by atoms with E-state index in [9.17, 15) is 9.59 Å². The number of anilines is 1. The van der Waals surface area contributed by atoms with Gasteiger partial charge in [-0.1, -0.05) is 41.4 Å². The SMILES string of the molecule is Cc1nc2ccccc2c(C(=O)OCC(=O)Nc2ccc(Cl)c(Cl)c2)c1C. The normalized spacial score (nSPS) is 10.7. The number of carbonyl (C=O) groups is 2. The molecule has 0 radical (unpaired) electrons. The third-order valence-corrected chi connectivity index (χ3v) is 4.86. The Hall–Kier alpha value is -2.63. The minimum absolute atomic E-state index is 0.320. The Morgan fingerprint density at radius 3 is 2.56 bits per heavy atom. The van der Waals surface area contributed by atoms with E-state index in [0.717, 1.165) is 11.3 Å². The summed E-state index contributed by atoms with van der Waals surface area (Å²) in [7, 11) is 0. The van der Waals surface area contributed by atoms with Crippen molar-refractivity contribution in [1.82, 2.24) is 4.98 Å². The van der Waals surface area contributed by atoms with Gasteiger partial charge < -0.3 is 10.1 Å². The van der Waals surface area contributed by atoms with Gasteiger partial charge in [0.25, 0.3) is 5.91 Å². The number of hydrogen-bond donors (Lipinski definition) is 1. The number of aromatic nitrogens is 1. The van der Waals surface area contributed by atoms with E-state index in [4.69, 9.17) is 27.9 Å². The Bertz CT molecular complexity index is 1050. The van der Waals surface area contributed by atoms with Crippen molar-refractivity contribution in [3.63, 3.8) is 0 Å². The van der Waals surface area contributed by atoms with Gasteiger partial charge in [0.2, 0.25) is 0 Å². The Morgan fingerprint density at radius 1 is 1.07 bits per heavy atom. The maximum Gasteiger partial charge on any atom is 0.339 e. The van der Waals surface area contributed by atoms with Gasteiger partial charge in [-0.25, -0.2) is 4.79 Å². The molecule has 0 bridgehead atoms. The van der Waals surface area contributed by atoms with Crippen LogP contribution >= 0.6 is 23.2 Å². The molecular weight excluding hydrogens is 387 g/mol. The molecule has 0 aliphatic heterocycles. The van der Waals surface area contributed by atoms with Gasteiger partial charge in [-0.15, -0.1) is 0 Å². The largest absolute Gasteiger partial charge is 0.452 e. The van der Waals surface area contributed by atoms with Crippen LogP contribution in [0.2, 0.25) is 10.0 Å². The topological polar surface area (TPSA) is 68.3 Å². The summed E-state index contributed by atoms with van der Waals surface area (Å²) in [6.45, 7) is 3.21. The van der Waals surface area contributed by atoms with Gasteiger partial charge in [0, 0.05) is 16.8 Å². The standard InChI is InChI=1S/C20H16Cl2N2O3/c1-11-12(2)23-17-6-4-3-5-14(17)19(11)20(26)27-10-18(25)24-13-7-8-15(21)16(22)9-13/h3-9H,10H2,1-2H3,(H,24,25). The van der Waals surface area contributed by atoms with Crippen molar-refractivity contribution in [1.29, 1.82) is 0 Å². The molecule has 0 spiro atoms. The average molecular weight is 403 g/mol. The second-order valence-corrected chi connectivity index (χ2v) is 6.78. The fourth-order valence-electron chi connectivity index (χ4n) is 2.67. The maximum absolute atomic E-state index is 12.6. The van der Waals surface area contributed by atoms with Crippen molar-refractivity contribution in [3.8, 4) is 0 Å². The molecule has 1 amide bonds. The van der Waals surface area contributed by atoms with Crippen LogP contribution in [0.15, 0.2) is 42.5 Å². The highest BCUT2D eigenvalue weighted by atomic mass is 35.5. The molecule has 3 aromatic rings. The number of nitrogens with one attached hydrogen (secondary N) is 1. The summed E-state index contributed by atoms with van der Waals surface area (Å²) in [5, 5.41) is 4.00. The van der Waals surface area contributed by atoms with E-state index in [-0.39, 0.29) is 0 Å². The summed E-state index contributed by atoms with van der Waals surface area (Å²) in [6.07, 6.45) is 0. The van der Waals surface area contributed by atoms with Crippen LogP contribution in [0.3, 0.4) is 0 Å². The van der Waals surface area contributed by atoms with Crippen molar-refractivity contribution in [2.75, 3.05) is 11.9 Å². The zero-order chi connectivity index (χ0) is 19.6. The van der Waals surface area contributed by atoms with Crippen LogP contribution in [-0.4, -0.2) is 23.5 Å². The number of amides is 1. The third kappa shape index (κ3) is 4.21. The summed E-state index contributed by atoms with van der Waals surface area (Å²) >= 11 is 11.8. The van der Waals surface area contributed by atoms with Crippen molar-refractivity contribution < 1.29 is 14.3 Å². The molecule has 3 rings (SSSR count). The van der Waals surface area contributed by atoms with Crippen LogP contribution in [0.25, 0.3) is 10.9 Å². The lowest BCUT2D eigenvalue weighted by molar-refractivity contribution is -0.119. The number of ether oxygens (including phenoxy) is 1. The molecule has 2 aromatic carbocycles. The highest BCUT2D eigenvalue weighted by molar-refractivity contribution is 6.42. The van der Waals surface area contributed by atoms with Gasteiger partial charge in [0.05, 0.1) is 21.1 Å². The third-order valence-electron chi connectivity index (χ3n) is 4.12. The molecule has 7 heteroatoms. The van der Waals surface area contributed by atoms with Gasteiger partial charge in [-0.05, 0) is 43.7 Å². The zero-order valence-electron chi connectivity index (χ0n) is 14.7. The fourth-order valence-corrected chi connectivity index (χ4v) is 2.97. The Labute approximate surface area is 166 Å². The number of benzene rings is 2. The highest BCUT2D eigenvalue weighted by Crippen LogP contribution is 2.25. The Kier molecular flexibility index (Phi) is 5.63. The van der Waals surface area contributed by atoms with Crippen molar-refractivity contribution in [3.05, 3.63) is 69.3 Å². The predicted octanol–water partition coefficient (Wildman–Crippen LogP) is 4.95. The molecule has 0 atom stereocenters. The van der Waals surface area contributed by atoms with Gasteiger partial charge in [-0.3, -0.25) is 9.78 Å². The summed E-state index contributed by atoms with van der Waals surface area (Å²) in [6, 6.07) is 12.0. The summed E-state index contributed by atoms with van der Waals surface area (Å²) in [5.41, 5.74) is 3.05. The van der Waals surface area contributed by atoms with Gasteiger partial charge in [0.15, 0.2) is 6.61 Å². The lowest BCUT2D eigenvalue weighted by Gasteiger charge is -2.12. The number of rotatable bonds is 4. The predicted molar refractivity (Wildman–Crippen MR) is 107 cm³/mol. The summed E-state index contributed by atoms with van der Waals surface area (Å²) in [4.78, 5) is 29.2. The first-order chi connectivity index (χ1) is 12.9. The zero-order valence-corrected chi connectivity index (χ0v) is 16.2. The van der Waals surface area contributed by atoms with Gasteiger partial charge >= 0.3 is 5.97 Å². The molecule has 5 nitrogen and oxygen atoms in total. The number of esters is 1. The van der Waals surface area contributed by atoms with E-state index in [1.807, 2.05) is 25.1 Å². The van der Waals surface area contributed by atoms with Crippen LogP contribution in [0, 0.1) is 13.8 Å². The molecule has 1 aromatic heterocycles. The number of pyridine rings is 1. The summed E-state index contributed by atoms with van der Waals surface area (Å²) in [5.74, 6) is -1.05. The van der Waals surface area contributed by atoms with Crippen molar-refractivity contribution in [2.24, 2.45) is 0 Å². The van der Waals surface area contributed by atoms with Gasteiger partial charge in [-0.2, -0.15) is 0 Å². The van der Waals surface area contributed by atoms with E-state index >= 15 is 0 Å². The van der Waals surface area contributed by atoms with Crippen LogP contribution < -0.4 is 5.32 Å². The number of carbonyl (C=O) groups excluding carboxylic acids is 2. The molecule has 0 saturated carbocycles. The van der Waals surface area contributed by atoms with Crippen LogP contribution in [0.4, 0.5) is 5.69 Å². The van der Waals surface area contributed by atoms with Crippen molar-refractivity contribution >= 4 is 51.7 Å². The molecule has 0 fully saturated rings. The lowest BCUT2D eigenvalue weighted by Crippen LogP contribution is -2.21.